The Labute approximate surface area is 229 Å². The van der Waals surface area contributed by atoms with Crippen molar-refractivity contribution in [1.29, 1.82) is 0 Å². The van der Waals surface area contributed by atoms with Gasteiger partial charge in [0, 0.05) is 38.6 Å². The number of ether oxygens (including phenoxy) is 2. The highest BCUT2D eigenvalue weighted by atomic mass is 35.5. The van der Waals surface area contributed by atoms with Gasteiger partial charge in [-0.05, 0) is 48.2 Å². The first-order valence-electron chi connectivity index (χ1n) is 12.4. The molecule has 0 bridgehead atoms. The second kappa shape index (κ2) is 13.9. The first-order valence-corrected chi connectivity index (χ1v) is 12.4. The Bertz CT molecular complexity index is 964. The summed E-state index contributed by atoms with van der Waals surface area (Å²) in [6.07, 6.45) is 0.432. The van der Waals surface area contributed by atoms with Crippen LogP contribution in [0.5, 0.6) is 11.5 Å². The van der Waals surface area contributed by atoms with Gasteiger partial charge in [0.1, 0.15) is 6.61 Å². The first-order chi connectivity index (χ1) is 16.8. The molecule has 2 aliphatic rings. The summed E-state index contributed by atoms with van der Waals surface area (Å²) in [5.74, 6) is 1.03. The molecule has 1 aliphatic carbocycles. The number of rotatable bonds is 8. The number of nitrogens with zero attached hydrogens (tertiary/aromatic N) is 1. The van der Waals surface area contributed by atoms with E-state index in [-0.39, 0.29) is 37.3 Å². The summed E-state index contributed by atoms with van der Waals surface area (Å²) in [6, 6.07) is 10.7. The number of halogens is 5. The predicted octanol–water partition coefficient (Wildman–Crippen LogP) is 5.82. The largest absolute Gasteiger partial charge is 0.493 e. The van der Waals surface area contributed by atoms with Crippen LogP contribution in [-0.2, 0) is 12.8 Å². The molecule has 0 aromatic heterocycles. The summed E-state index contributed by atoms with van der Waals surface area (Å²) >= 11 is 0. The topological polar surface area (TPSA) is 54.0 Å². The Hall–Kier alpha value is -1.71. The molecule has 1 atom stereocenters. The van der Waals surface area contributed by atoms with Crippen LogP contribution >= 0.6 is 24.8 Å². The quantitative estimate of drug-likeness (QED) is 0.423. The van der Waals surface area contributed by atoms with E-state index in [1.807, 2.05) is 18.2 Å². The Kier molecular flexibility index (Phi) is 11.8. The van der Waals surface area contributed by atoms with Gasteiger partial charge in [-0.2, -0.15) is 13.2 Å². The molecule has 5 nitrogen and oxygen atoms in total. The number of hydrogen-bond donors (Lipinski definition) is 2. The Balaban J connectivity index is 0.00000241. The Morgan fingerprint density at radius 1 is 0.973 bits per heavy atom. The van der Waals surface area contributed by atoms with Crippen LogP contribution < -0.4 is 14.8 Å². The molecule has 2 aromatic rings. The lowest BCUT2D eigenvalue weighted by molar-refractivity contribution is -0.137. The smallest absolute Gasteiger partial charge is 0.416 e. The van der Waals surface area contributed by atoms with Crippen molar-refractivity contribution in [2.45, 2.75) is 56.4 Å². The zero-order valence-electron chi connectivity index (χ0n) is 21.1. The average Bonchev–Trinajstić information content (AvgIpc) is 2.87. The fourth-order valence-corrected chi connectivity index (χ4v) is 5.22. The third-order valence-corrected chi connectivity index (χ3v) is 7.28. The lowest BCUT2D eigenvalue weighted by Crippen LogP contribution is -2.49. The molecule has 1 aliphatic heterocycles. The van der Waals surface area contributed by atoms with Crippen LogP contribution in [0.2, 0.25) is 0 Å². The molecule has 1 unspecified atom stereocenters. The highest BCUT2D eigenvalue weighted by Gasteiger charge is 2.40. The van der Waals surface area contributed by atoms with E-state index >= 15 is 0 Å². The molecule has 1 saturated carbocycles. The van der Waals surface area contributed by atoms with Crippen LogP contribution in [0.15, 0.2) is 42.5 Å². The maximum absolute atomic E-state index is 12.8. The van der Waals surface area contributed by atoms with Crippen molar-refractivity contribution in [1.82, 2.24) is 10.2 Å². The van der Waals surface area contributed by atoms with Crippen molar-refractivity contribution in [2.24, 2.45) is 0 Å². The van der Waals surface area contributed by atoms with Gasteiger partial charge in [0.05, 0.1) is 18.3 Å². The highest BCUT2D eigenvalue weighted by molar-refractivity contribution is 5.85. The van der Waals surface area contributed by atoms with Crippen molar-refractivity contribution in [3.8, 4) is 11.5 Å². The lowest BCUT2D eigenvalue weighted by atomic mass is 9.72. The van der Waals surface area contributed by atoms with Gasteiger partial charge in [-0.1, -0.05) is 37.5 Å². The maximum atomic E-state index is 12.8. The fraction of sp³-hybridized carbons (Fsp3) is 0.556. The standard InChI is InChI=1S/C27H35F3N2O3.2ClH/c1-34-25-17-21(7-10-24(25)35-19-20-5-8-22(9-6-20)27(28,29)30)23(18-32-15-13-31-14-16-32)26(33)11-3-2-4-12-26;;/h5-10,17,23,31,33H,2-4,11-16,18-19H2,1H3;2*1H. The van der Waals surface area contributed by atoms with E-state index in [9.17, 15) is 18.3 Å². The summed E-state index contributed by atoms with van der Waals surface area (Å²) in [5.41, 5.74) is 0.222. The van der Waals surface area contributed by atoms with Crippen LogP contribution in [0.3, 0.4) is 0 Å². The minimum atomic E-state index is -4.36. The van der Waals surface area contributed by atoms with Crippen LogP contribution in [0.25, 0.3) is 0 Å². The zero-order valence-corrected chi connectivity index (χ0v) is 22.7. The van der Waals surface area contributed by atoms with Crippen molar-refractivity contribution in [3.05, 3.63) is 59.2 Å². The average molecular weight is 566 g/mol. The van der Waals surface area contributed by atoms with Gasteiger partial charge in [-0.3, -0.25) is 0 Å². The van der Waals surface area contributed by atoms with E-state index in [4.69, 9.17) is 9.47 Å². The van der Waals surface area contributed by atoms with E-state index in [2.05, 4.69) is 10.2 Å². The molecule has 0 spiro atoms. The minimum Gasteiger partial charge on any atom is -0.493 e. The normalized spacial score (nSPS) is 18.7. The predicted molar refractivity (Wildman–Crippen MR) is 143 cm³/mol. The van der Waals surface area contributed by atoms with Crippen molar-refractivity contribution < 1.29 is 27.8 Å². The molecular formula is C27H37Cl2F3N2O3. The molecule has 1 saturated heterocycles. The third-order valence-electron chi connectivity index (χ3n) is 7.28. The van der Waals surface area contributed by atoms with Gasteiger partial charge in [-0.25, -0.2) is 0 Å². The molecule has 37 heavy (non-hydrogen) atoms. The summed E-state index contributed by atoms with van der Waals surface area (Å²) in [7, 11) is 1.57. The molecule has 2 fully saturated rings. The number of piperazine rings is 1. The Morgan fingerprint density at radius 3 is 2.22 bits per heavy atom. The Morgan fingerprint density at radius 2 is 1.62 bits per heavy atom. The van der Waals surface area contributed by atoms with E-state index in [0.717, 1.165) is 82.5 Å². The lowest BCUT2D eigenvalue weighted by Gasteiger charge is -2.42. The van der Waals surface area contributed by atoms with Crippen LogP contribution in [0, 0.1) is 0 Å². The van der Waals surface area contributed by atoms with Gasteiger partial charge < -0.3 is 24.8 Å². The zero-order chi connectivity index (χ0) is 24.9. The number of nitrogens with one attached hydrogen (secondary N) is 1. The summed E-state index contributed by atoms with van der Waals surface area (Å²) < 4.78 is 50.0. The fourth-order valence-electron chi connectivity index (χ4n) is 5.22. The van der Waals surface area contributed by atoms with Crippen LogP contribution in [-0.4, -0.2) is 55.4 Å². The number of methoxy groups -OCH3 is 1. The van der Waals surface area contributed by atoms with Gasteiger partial charge >= 0.3 is 6.18 Å². The molecule has 2 aromatic carbocycles. The van der Waals surface area contributed by atoms with Crippen molar-refractivity contribution in [2.75, 3.05) is 39.8 Å². The van der Waals surface area contributed by atoms with Crippen molar-refractivity contribution in [3.63, 3.8) is 0 Å². The van der Waals surface area contributed by atoms with Crippen molar-refractivity contribution >= 4 is 24.8 Å². The minimum absolute atomic E-state index is 0. The monoisotopic (exact) mass is 564 g/mol. The molecule has 208 valence electrons. The summed E-state index contributed by atoms with van der Waals surface area (Å²) in [6.45, 7) is 4.72. The van der Waals surface area contributed by atoms with Gasteiger partial charge in [0.2, 0.25) is 0 Å². The van der Waals surface area contributed by atoms with Crippen LogP contribution in [0.4, 0.5) is 13.2 Å². The maximum Gasteiger partial charge on any atom is 0.416 e. The number of aliphatic hydroxyl groups is 1. The first kappa shape index (κ1) is 31.5. The summed E-state index contributed by atoms with van der Waals surface area (Å²) in [4.78, 5) is 2.41. The second-order valence-corrected chi connectivity index (χ2v) is 9.66. The number of benzene rings is 2. The SMILES string of the molecule is COc1cc(C(CN2CCNCC2)C2(O)CCCCC2)ccc1OCc1ccc(C(F)(F)F)cc1.Cl.Cl. The molecule has 2 N–H and O–H groups in total. The van der Waals surface area contributed by atoms with E-state index < -0.39 is 17.3 Å². The molecule has 0 amide bonds. The molecule has 0 radical (unpaired) electrons. The molecule has 10 heteroatoms. The second-order valence-electron chi connectivity index (χ2n) is 9.66. The molecule has 4 rings (SSSR count). The van der Waals surface area contributed by atoms with E-state index in [1.54, 1.807) is 7.11 Å². The van der Waals surface area contributed by atoms with Gasteiger partial charge in [0.25, 0.3) is 0 Å². The molecular weight excluding hydrogens is 528 g/mol. The van der Waals surface area contributed by atoms with E-state index in [0.29, 0.717) is 17.1 Å². The van der Waals surface area contributed by atoms with Crippen LogP contribution in [0.1, 0.15) is 54.7 Å². The van der Waals surface area contributed by atoms with Gasteiger partial charge in [-0.15, -0.1) is 24.8 Å². The third kappa shape index (κ3) is 8.14. The molecule has 1 heterocycles. The summed E-state index contributed by atoms with van der Waals surface area (Å²) in [5, 5.41) is 15.1. The van der Waals surface area contributed by atoms with E-state index in [1.165, 1.54) is 12.1 Å². The highest BCUT2D eigenvalue weighted by Crippen LogP contribution is 2.42. The number of alkyl halides is 3. The number of hydrogen-bond acceptors (Lipinski definition) is 5. The van der Waals surface area contributed by atoms with Gasteiger partial charge in [0.15, 0.2) is 11.5 Å².